The van der Waals surface area contributed by atoms with Crippen molar-refractivity contribution in [2.75, 3.05) is 7.05 Å². The minimum Gasteiger partial charge on any atom is -0.338 e. The van der Waals surface area contributed by atoms with Crippen molar-refractivity contribution in [2.45, 2.75) is 63.6 Å². The molecular formula is C18H27ClN4OS. The van der Waals surface area contributed by atoms with Crippen LogP contribution in [0, 0.1) is 0 Å². The molecule has 2 atom stereocenters. The van der Waals surface area contributed by atoms with E-state index in [1.807, 2.05) is 23.7 Å². The van der Waals surface area contributed by atoms with E-state index in [9.17, 15) is 4.79 Å². The molecule has 0 spiro atoms. The van der Waals surface area contributed by atoms with Crippen molar-refractivity contribution in [3.05, 3.63) is 16.6 Å². The summed E-state index contributed by atoms with van der Waals surface area (Å²) in [5.74, 6) is 0.529. The summed E-state index contributed by atoms with van der Waals surface area (Å²) in [5, 5.41) is 9.40. The largest absolute Gasteiger partial charge is 0.338 e. The molecule has 0 saturated carbocycles. The molecule has 2 fully saturated rings. The van der Waals surface area contributed by atoms with E-state index in [4.69, 9.17) is 0 Å². The summed E-state index contributed by atoms with van der Waals surface area (Å²) >= 11 is 1.57. The van der Waals surface area contributed by atoms with Gasteiger partial charge >= 0.3 is 0 Å². The number of hydrogen-bond donors (Lipinski definition) is 1. The molecule has 2 bridgehead atoms. The Morgan fingerprint density at radius 1 is 1.36 bits per heavy atom. The van der Waals surface area contributed by atoms with E-state index in [-0.39, 0.29) is 18.3 Å². The summed E-state index contributed by atoms with van der Waals surface area (Å²) in [7, 11) is 3.94. The van der Waals surface area contributed by atoms with Gasteiger partial charge in [-0.05, 0) is 37.7 Å². The van der Waals surface area contributed by atoms with Gasteiger partial charge in [0.05, 0.1) is 10.6 Å². The first-order valence-corrected chi connectivity index (χ1v) is 9.75. The average Bonchev–Trinajstić information content (AvgIpc) is 3.21. The summed E-state index contributed by atoms with van der Waals surface area (Å²) in [4.78, 5) is 16.9. The molecule has 138 valence electrons. The van der Waals surface area contributed by atoms with Crippen LogP contribution in [-0.2, 0) is 7.05 Å². The number of carbonyl (C=O) groups excluding carboxylic acids is 1. The number of hydrogen-bond acceptors (Lipinski definition) is 4. The summed E-state index contributed by atoms with van der Waals surface area (Å²) < 4.78 is 1.91. The molecule has 0 aromatic carbocycles. The maximum absolute atomic E-state index is 13.0. The highest BCUT2D eigenvalue weighted by Gasteiger charge is 2.36. The second kappa shape index (κ2) is 6.89. The highest BCUT2D eigenvalue weighted by molar-refractivity contribution is 7.20. The number of fused-ring (bicyclic) bond motifs is 3. The van der Waals surface area contributed by atoms with Gasteiger partial charge in [-0.3, -0.25) is 9.48 Å². The van der Waals surface area contributed by atoms with Crippen LogP contribution < -0.4 is 5.32 Å². The number of aryl methyl sites for hydroxylation is 1. The molecule has 2 aromatic heterocycles. The zero-order chi connectivity index (χ0) is 17.0. The Labute approximate surface area is 159 Å². The van der Waals surface area contributed by atoms with Gasteiger partial charge in [-0.15, -0.1) is 23.7 Å². The molecule has 1 amide bonds. The van der Waals surface area contributed by atoms with E-state index in [0.717, 1.165) is 33.6 Å². The number of thiophene rings is 1. The average molecular weight is 383 g/mol. The molecule has 25 heavy (non-hydrogen) atoms. The maximum Gasteiger partial charge on any atom is 0.264 e. The molecule has 1 N–H and O–H groups in total. The minimum absolute atomic E-state index is 0. The first-order chi connectivity index (χ1) is 11.4. The monoisotopic (exact) mass is 382 g/mol. The van der Waals surface area contributed by atoms with Crippen molar-refractivity contribution in [3.63, 3.8) is 0 Å². The van der Waals surface area contributed by atoms with Gasteiger partial charge in [0.15, 0.2) is 0 Å². The van der Waals surface area contributed by atoms with Crippen LogP contribution in [0.15, 0.2) is 6.07 Å². The van der Waals surface area contributed by atoms with Gasteiger partial charge in [0.1, 0.15) is 4.83 Å². The maximum atomic E-state index is 13.0. The number of halogens is 1. The zero-order valence-corrected chi connectivity index (χ0v) is 16.9. The fourth-order valence-electron chi connectivity index (χ4n) is 4.28. The standard InChI is InChI=1S/C18H26N4OS.ClH/c1-10(2)16-14-9-15(24-18(14)22(4)20-16)17(23)21(3)13-7-11-5-6-12(8-13)19-11;/h9-13,19H,5-8H2,1-4H3;1H. The van der Waals surface area contributed by atoms with E-state index < -0.39 is 0 Å². The van der Waals surface area contributed by atoms with Crippen molar-refractivity contribution < 1.29 is 4.79 Å². The Kier molecular flexibility index (Phi) is 5.15. The molecular weight excluding hydrogens is 356 g/mol. The van der Waals surface area contributed by atoms with E-state index in [1.54, 1.807) is 11.3 Å². The van der Waals surface area contributed by atoms with Crippen molar-refractivity contribution in [2.24, 2.45) is 7.05 Å². The summed E-state index contributed by atoms with van der Waals surface area (Å²) in [5.41, 5.74) is 1.09. The van der Waals surface area contributed by atoms with Gasteiger partial charge in [-0.25, -0.2) is 0 Å². The lowest BCUT2D eigenvalue weighted by Crippen LogP contribution is -2.48. The van der Waals surface area contributed by atoms with Crippen LogP contribution in [-0.4, -0.2) is 45.8 Å². The second-order valence-corrected chi connectivity index (χ2v) is 8.70. The molecule has 2 unspecified atom stereocenters. The number of piperidine rings is 1. The normalized spacial score (nSPS) is 25.4. The third-order valence-electron chi connectivity index (χ3n) is 5.61. The number of nitrogens with one attached hydrogen (secondary N) is 1. The smallest absolute Gasteiger partial charge is 0.264 e. The Morgan fingerprint density at radius 2 is 2.00 bits per heavy atom. The molecule has 2 aliphatic heterocycles. The van der Waals surface area contributed by atoms with Gasteiger partial charge in [-0.2, -0.15) is 5.10 Å². The fourth-order valence-corrected chi connectivity index (χ4v) is 5.34. The van der Waals surface area contributed by atoms with E-state index in [1.165, 1.54) is 12.8 Å². The van der Waals surface area contributed by atoms with Crippen LogP contribution in [0.25, 0.3) is 10.2 Å². The third-order valence-corrected chi connectivity index (χ3v) is 6.80. The molecule has 4 heterocycles. The Bertz CT molecular complexity index is 771. The quantitative estimate of drug-likeness (QED) is 0.883. The zero-order valence-electron chi connectivity index (χ0n) is 15.3. The van der Waals surface area contributed by atoms with Crippen molar-refractivity contribution in [3.8, 4) is 0 Å². The lowest BCUT2D eigenvalue weighted by Gasteiger charge is -2.35. The van der Waals surface area contributed by atoms with Gasteiger partial charge in [0.25, 0.3) is 5.91 Å². The van der Waals surface area contributed by atoms with Crippen molar-refractivity contribution in [1.29, 1.82) is 0 Å². The lowest BCUT2D eigenvalue weighted by molar-refractivity contribution is 0.0686. The van der Waals surface area contributed by atoms with Gasteiger partial charge < -0.3 is 10.2 Å². The van der Waals surface area contributed by atoms with Crippen LogP contribution in [0.1, 0.15) is 60.8 Å². The van der Waals surface area contributed by atoms with Gasteiger partial charge in [-0.1, -0.05) is 13.8 Å². The Morgan fingerprint density at radius 3 is 2.60 bits per heavy atom. The molecule has 7 heteroatoms. The molecule has 4 rings (SSSR count). The molecule has 2 saturated heterocycles. The first kappa shape index (κ1) is 18.7. The number of amides is 1. The second-order valence-electron chi connectivity index (χ2n) is 7.67. The fraction of sp³-hybridized carbons (Fsp3) is 0.667. The minimum atomic E-state index is 0. The molecule has 5 nitrogen and oxygen atoms in total. The highest BCUT2D eigenvalue weighted by atomic mass is 35.5. The predicted octanol–water partition coefficient (Wildman–Crippen LogP) is 3.54. The molecule has 2 aromatic rings. The van der Waals surface area contributed by atoms with Gasteiger partial charge in [0, 0.05) is 37.6 Å². The first-order valence-electron chi connectivity index (χ1n) is 8.93. The number of rotatable bonds is 3. The SMILES string of the molecule is CC(C)c1nn(C)c2sc(C(=O)N(C)C3CC4CCC(C3)N4)cc12.Cl. The van der Waals surface area contributed by atoms with E-state index in [0.29, 0.717) is 24.0 Å². The number of carbonyl (C=O) groups is 1. The summed E-state index contributed by atoms with van der Waals surface area (Å²) in [6.07, 6.45) is 4.69. The number of aromatic nitrogens is 2. The summed E-state index contributed by atoms with van der Waals surface area (Å²) in [6, 6.07) is 3.62. The van der Waals surface area contributed by atoms with E-state index in [2.05, 4.69) is 30.3 Å². The van der Waals surface area contributed by atoms with E-state index >= 15 is 0 Å². The summed E-state index contributed by atoms with van der Waals surface area (Å²) in [6.45, 7) is 4.30. The van der Waals surface area contributed by atoms with Crippen LogP contribution in [0.2, 0.25) is 0 Å². The third kappa shape index (κ3) is 3.20. The lowest BCUT2D eigenvalue weighted by atomic mass is 9.98. The van der Waals surface area contributed by atoms with Gasteiger partial charge in [0.2, 0.25) is 0 Å². The molecule has 0 radical (unpaired) electrons. The van der Waals surface area contributed by atoms with Crippen LogP contribution >= 0.6 is 23.7 Å². The molecule has 2 aliphatic rings. The topological polar surface area (TPSA) is 50.2 Å². The van der Waals surface area contributed by atoms with Crippen LogP contribution in [0.4, 0.5) is 0 Å². The van der Waals surface area contributed by atoms with Crippen LogP contribution in [0.3, 0.4) is 0 Å². The number of nitrogens with zero attached hydrogens (tertiary/aromatic N) is 3. The van der Waals surface area contributed by atoms with Crippen molar-refractivity contribution >= 4 is 39.9 Å². The Hall–Kier alpha value is -1.11. The van der Waals surface area contributed by atoms with Crippen LogP contribution in [0.5, 0.6) is 0 Å². The Balaban J connectivity index is 0.00000182. The molecule has 0 aliphatic carbocycles. The van der Waals surface area contributed by atoms with Crippen molar-refractivity contribution in [1.82, 2.24) is 20.0 Å². The predicted molar refractivity (Wildman–Crippen MR) is 105 cm³/mol. The highest BCUT2D eigenvalue weighted by Crippen LogP contribution is 2.34.